The summed E-state index contributed by atoms with van der Waals surface area (Å²) >= 11 is 4.81. The third-order valence-corrected chi connectivity index (χ3v) is 5.90. The molecule has 5 nitrogen and oxygen atoms in total. The monoisotopic (exact) mass is 435 g/mol. The van der Waals surface area contributed by atoms with Crippen molar-refractivity contribution in [2.45, 2.75) is 45.1 Å². The smallest absolute Gasteiger partial charge is 0.254 e. The van der Waals surface area contributed by atoms with Crippen LogP contribution >= 0.6 is 27.3 Å². The van der Waals surface area contributed by atoms with Crippen molar-refractivity contribution in [3.05, 3.63) is 45.4 Å². The molecular formula is C19H22BrN3O2S. The van der Waals surface area contributed by atoms with E-state index >= 15 is 0 Å². The highest BCUT2D eigenvalue weighted by molar-refractivity contribution is 9.10. The number of hydrogen-bond donors (Lipinski definition) is 1. The van der Waals surface area contributed by atoms with E-state index in [1.807, 2.05) is 24.4 Å². The second kappa shape index (κ2) is 8.77. The molecule has 138 valence electrons. The Bertz CT molecular complexity index is 787. The Morgan fingerprint density at radius 2 is 2.08 bits per heavy atom. The van der Waals surface area contributed by atoms with Gasteiger partial charge in [0.1, 0.15) is 6.54 Å². The van der Waals surface area contributed by atoms with Crippen LogP contribution in [0, 0.1) is 6.92 Å². The third-order valence-electron chi connectivity index (χ3n) is 4.53. The molecule has 1 heterocycles. The van der Waals surface area contributed by atoms with Gasteiger partial charge in [-0.25, -0.2) is 4.98 Å². The van der Waals surface area contributed by atoms with Gasteiger partial charge in [-0.15, -0.1) is 11.3 Å². The van der Waals surface area contributed by atoms with Gasteiger partial charge in [-0.3, -0.25) is 9.59 Å². The van der Waals surface area contributed by atoms with Crippen LogP contribution in [0.5, 0.6) is 0 Å². The van der Waals surface area contributed by atoms with E-state index in [2.05, 4.69) is 26.2 Å². The van der Waals surface area contributed by atoms with Crippen molar-refractivity contribution < 1.29 is 9.59 Å². The molecule has 0 saturated heterocycles. The summed E-state index contributed by atoms with van der Waals surface area (Å²) < 4.78 is 0.856. The van der Waals surface area contributed by atoms with Crippen molar-refractivity contribution in [2.75, 3.05) is 11.9 Å². The molecule has 2 aromatic rings. The highest BCUT2D eigenvalue weighted by Crippen LogP contribution is 2.25. The molecule has 26 heavy (non-hydrogen) atoms. The van der Waals surface area contributed by atoms with E-state index in [1.54, 1.807) is 17.0 Å². The van der Waals surface area contributed by atoms with Gasteiger partial charge in [0.05, 0.1) is 5.69 Å². The van der Waals surface area contributed by atoms with Crippen molar-refractivity contribution in [1.82, 2.24) is 9.88 Å². The molecular weight excluding hydrogens is 414 g/mol. The van der Waals surface area contributed by atoms with Gasteiger partial charge >= 0.3 is 0 Å². The molecule has 0 atom stereocenters. The van der Waals surface area contributed by atoms with Crippen LogP contribution in [0.4, 0.5) is 5.13 Å². The predicted molar refractivity (Wildman–Crippen MR) is 108 cm³/mol. The van der Waals surface area contributed by atoms with Crippen LogP contribution in [-0.2, 0) is 4.79 Å². The SMILES string of the molecule is Cc1csc(NC(=O)CN(C(=O)c2cccc(Br)c2)C2CCCCC2)n1. The van der Waals surface area contributed by atoms with Gasteiger partial charge in [0.15, 0.2) is 5.13 Å². The van der Waals surface area contributed by atoms with Crippen molar-refractivity contribution in [1.29, 1.82) is 0 Å². The fraction of sp³-hybridized carbons (Fsp3) is 0.421. The van der Waals surface area contributed by atoms with Crippen LogP contribution in [0.3, 0.4) is 0 Å². The van der Waals surface area contributed by atoms with Gasteiger partial charge in [-0.2, -0.15) is 0 Å². The fourth-order valence-corrected chi connectivity index (χ4v) is 4.38. The van der Waals surface area contributed by atoms with Gasteiger partial charge in [-0.1, -0.05) is 41.3 Å². The zero-order valence-electron chi connectivity index (χ0n) is 14.7. The summed E-state index contributed by atoms with van der Waals surface area (Å²) in [4.78, 5) is 31.6. The van der Waals surface area contributed by atoms with E-state index in [4.69, 9.17) is 0 Å². The van der Waals surface area contributed by atoms with Gasteiger partial charge in [0.2, 0.25) is 5.91 Å². The number of nitrogens with zero attached hydrogens (tertiary/aromatic N) is 2. The summed E-state index contributed by atoms with van der Waals surface area (Å²) in [6.45, 7) is 1.94. The Hall–Kier alpha value is -1.73. The average Bonchev–Trinajstić information content (AvgIpc) is 3.04. The molecule has 0 aliphatic heterocycles. The van der Waals surface area contributed by atoms with Crippen LogP contribution in [0.25, 0.3) is 0 Å². The summed E-state index contributed by atoms with van der Waals surface area (Å²) in [6, 6.07) is 7.44. The number of thiazole rings is 1. The normalized spacial score (nSPS) is 14.8. The number of nitrogens with one attached hydrogen (secondary N) is 1. The van der Waals surface area contributed by atoms with Crippen molar-refractivity contribution in [3.63, 3.8) is 0 Å². The molecule has 2 amide bonds. The van der Waals surface area contributed by atoms with Crippen molar-refractivity contribution in [3.8, 4) is 0 Å². The van der Waals surface area contributed by atoms with E-state index in [0.717, 1.165) is 35.8 Å². The first-order chi connectivity index (χ1) is 12.5. The van der Waals surface area contributed by atoms with Gasteiger partial charge in [-0.05, 0) is 38.0 Å². The molecule has 7 heteroatoms. The number of rotatable bonds is 5. The third kappa shape index (κ3) is 4.92. The van der Waals surface area contributed by atoms with Crippen molar-refractivity contribution in [2.24, 2.45) is 0 Å². The summed E-state index contributed by atoms with van der Waals surface area (Å²) in [6.07, 6.45) is 5.28. The largest absolute Gasteiger partial charge is 0.326 e. The topological polar surface area (TPSA) is 62.3 Å². The lowest BCUT2D eigenvalue weighted by molar-refractivity contribution is -0.117. The zero-order chi connectivity index (χ0) is 18.5. The number of anilines is 1. The first kappa shape index (κ1) is 19.0. The van der Waals surface area contributed by atoms with Crippen LogP contribution < -0.4 is 5.32 Å². The molecule has 0 bridgehead atoms. The summed E-state index contributed by atoms with van der Waals surface area (Å²) in [7, 11) is 0. The molecule has 1 aromatic carbocycles. The summed E-state index contributed by atoms with van der Waals surface area (Å²) in [5.74, 6) is -0.295. The second-order valence-corrected chi connectivity index (χ2v) is 8.35. The first-order valence-electron chi connectivity index (χ1n) is 8.81. The second-order valence-electron chi connectivity index (χ2n) is 6.58. The standard InChI is InChI=1S/C19H22BrN3O2S/c1-13-12-26-19(21-13)22-17(24)11-23(16-8-3-2-4-9-16)18(25)14-6-5-7-15(20)10-14/h5-7,10,12,16H,2-4,8-9,11H2,1H3,(H,21,22,24). The summed E-state index contributed by atoms with van der Waals surface area (Å²) in [5, 5.41) is 5.28. The molecule has 1 aromatic heterocycles. The molecule has 1 aliphatic rings. The van der Waals surface area contributed by atoms with Gasteiger partial charge in [0.25, 0.3) is 5.91 Å². The molecule has 1 fully saturated rings. The molecule has 0 unspecified atom stereocenters. The maximum atomic E-state index is 13.1. The van der Waals surface area contributed by atoms with Crippen LogP contribution in [0.2, 0.25) is 0 Å². The molecule has 0 radical (unpaired) electrons. The maximum Gasteiger partial charge on any atom is 0.254 e. The minimum absolute atomic E-state index is 0.0502. The van der Waals surface area contributed by atoms with Crippen molar-refractivity contribution >= 4 is 44.2 Å². The highest BCUT2D eigenvalue weighted by atomic mass is 79.9. The number of hydrogen-bond acceptors (Lipinski definition) is 4. The Kier molecular flexibility index (Phi) is 6.43. The highest BCUT2D eigenvalue weighted by Gasteiger charge is 2.28. The maximum absolute atomic E-state index is 13.1. The van der Waals surface area contributed by atoms with E-state index in [1.165, 1.54) is 17.8 Å². The Morgan fingerprint density at radius 3 is 2.73 bits per heavy atom. The predicted octanol–water partition coefficient (Wildman–Crippen LogP) is 4.63. The minimum atomic E-state index is -0.201. The van der Waals surface area contributed by atoms with Crippen LogP contribution in [0.15, 0.2) is 34.1 Å². The minimum Gasteiger partial charge on any atom is -0.326 e. The number of halogens is 1. The quantitative estimate of drug-likeness (QED) is 0.744. The van der Waals surface area contributed by atoms with E-state index < -0.39 is 0 Å². The Balaban J connectivity index is 1.76. The molecule has 1 saturated carbocycles. The number of amides is 2. The lowest BCUT2D eigenvalue weighted by Gasteiger charge is -2.34. The Labute approximate surface area is 165 Å². The summed E-state index contributed by atoms with van der Waals surface area (Å²) in [5.41, 5.74) is 1.47. The van der Waals surface area contributed by atoms with Crippen LogP contribution in [-0.4, -0.2) is 34.3 Å². The van der Waals surface area contributed by atoms with Crippen LogP contribution in [0.1, 0.15) is 48.2 Å². The molecule has 1 N–H and O–H groups in total. The Morgan fingerprint density at radius 1 is 1.31 bits per heavy atom. The lowest BCUT2D eigenvalue weighted by atomic mass is 9.93. The van der Waals surface area contributed by atoms with E-state index in [9.17, 15) is 9.59 Å². The first-order valence-corrected chi connectivity index (χ1v) is 10.5. The molecule has 3 rings (SSSR count). The van der Waals surface area contributed by atoms with Gasteiger partial charge in [0, 0.05) is 21.5 Å². The zero-order valence-corrected chi connectivity index (χ0v) is 17.1. The number of aryl methyl sites for hydroxylation is 1. The fourth-order valence-electron chi connectivity index (χ4n) is 3.27. The lowest BCUT2D eigenvalue weighted by Crippen LogP contribution is -2.45. The van der Waals surface area contributed by atoms with E-state index in [-0.39, 0.29) is 24.4 Å². The number of benzene rings is 1. The van der Waals surface area contributed by atoms with Gasteiger partial charge < -0.3 is 10.2 Å². The number of aromatic nitrogens is 1. The van der Waals surface area contributed by atoms with E-state index in [0.29, 0.717) is 10.7 Å². The average molecular weight is 436 g/mol. The number of carbonyl (C=O) groups excluding carboxylic acids is 2. The molecule has 1 aliphatic carbocycles. The molecule has 0 spiro atoms. The number of carbonyl (C=O) groups is 2.